The SMILES string of the molecule is O=S(=O)(NC1CC1)c1ccccc1NCCc1ccco1. The highest BCUT2D eigenvalue weighted by Crippen LogP contribution is 2.25. The molecule has 1 aromatic carbocycles. The molecule has 1 fully saturated rings. The zero-order valence-corrected chi connectivity index (χ0v) is 12.4. The van der Waals surface area contributed by atoms with Gasteiger partial charge < -0.3 is 9.73 Å². The normalized spacial score (nSPS) is 15.0. The van der Waals surface area contributed by atoms with Crippen LogP contribution in [0.2, 0.25) is 0 Å². The first kappa shape index (κ1) is 14.2. The van der Waals surface area contributed by atoms with Gasteiger partial charge in [-0.05, 0) is 37.1 Å². The van der Waals surface area contributed by atoms with Gasteiger partial charge >= 0.3 is 0 Å². The van der Waals surface area contributed by atoms with E-state index < -0.39 is 10.0 Å². The molecule has 0 saturated heterocycles. The summed E-state index contributed by atoms with van der Waals surface area (Å²) in [7, 11) is -3.45. The second-order valence-corrected chi connectivity index (χ2v) is 6.83. The first-order chi connectivity index (χ1) is 10.1. The lowest BCUT2D eigenvalue weighted by Crippen LogP contribution is -2.26. The molecule has 0 unspecified atom stereocenters. The lowest BCUT2D eigenvalue weighted by atomic mass is 10.3. The van der Waals surface area contributed by atoms with E-state index in [4.69, 9.17) is 4.42 Å². The van der Waals surface area contributed by atoms with Crippen molar-refractivity contribution >= 4 is 15.7 Å². The Bertz CT molecular complexity index is 691. The van der Waals surface area contributed by atoms with E-state index in [0.29, 0.717) is 23.5 Å². The number of nitrogens with one attached hydrogen (secondary N) is 2. The van der Waals surface area contributed by atoms with Gasteiger partial charge in [0.1, 0.15) is 10.7 Å². The molecule has 1 aliphatic rings. The standard InChI is InChI=1S/C15H18N2O3S/c18-21(19,17-12-7-8-12)15-6-2-1-5-14(15)16-10-9-13-4-3-11-20-13/h1-6,11-12,16-17H,7-10H2. The molecule has 1 saturated carbocycles. The quantitative estimate of drug-likeness (QED) is 0.824. The topological polar surface area (TPSA) is 71.3 Å². The van der Waals surface area contributed by atoms with E-state index in [1.165, 1.54) is 0 Å². The minimum absolute atomic E-state index is 0.103. The van der Waals surface area contributed by atoms with Crippen LogP contribution in [0.3, 0.4) is 0 Å². The van der Waals surface area contributed by atoms with E-state index in [1.807, 2.05) is 18.2 Å². The zero-order valence-electron chi connectivity index (χ0n) is 11.6. The number of para-hydroxylation sites is 1. The van der Waals surface area contributed by atoms with Gasteiger partial charge in [0, 0.05) is 19.0 Å². The van der Waals surface area contributed by atoms with Crippen molar-refractivity contribution in [1.29, 1.82) is 0 Å². The summed E-state index contributed by atoms with van der Waals surface area (Å²) < 4.78 is 32.6. The molecular formula is C15H18N2O3S. The molecule has 21 heavy (non-hydrogen) atoms. The van der Waals surface area contributed by atoms with Gasteiger partial charge in [-0.25, -0.2) is 13.1 Å². The second kappa shape index (κ2) is 5.91. The van der Waals surface area contributed by atoms with Crippen LogP contribution in [0.15, 0.2) is 52.0 Å². The van der Waals surface area contributed by atoms with Gasteiger partial charge in [0.05, 0.1) is 12.0 Å². The van der Waals surface area contributed by atoms with Gasteiger partial charge in [-0.2, -0.15) is 0 Å². The number of hydrogen-bond acceptors (Lipinski definition) is 4. The predicted octanol–water partition coefficient (Wildman–Crippen LogP) is 2.37. The first-order valence-electron chi connectivity index (χ1n) is 7.03. The van der Waals surface area contributed by atoms with Crippen molar-refractivity contribution in [2.75, 3.05) is 11.9 Å². The van der Waals surface area contributed by atoms with Crippen molar-refractivity contribution in [3.05, 3.63) is 48.4 Å². The van der Waals surface area contributed by atoms with E-state index in [-0.39, 0.29) is 6.04 Å². The summed E-state index contributed by atoms with van der Waals surface area (Å²) >= 11 is 0. The molecule has 1 heterocycles. The highest BCUT2D eigenvalue weighted by molar-refractivity contribution is 7.89. The largest absolute Gasteiger partial charge is 0.469 e. The third-order valence-corrected chi connectivity index (χ3v) is 4.92. The Morgan fingerprint density at radius 2 is 1.95 bits per heavy atom. The van der Waals surface area contributed by atoms with Crippen LogP contribution in [0, 0.1) is 0 Å². The summed E-state index contributed by atoms with van der Waals surface area (Å²) in [5.74, 6) is 0.874. The number of rotatable bonds is 7. The Morgan fingerprint density at radius 1 is 1.14 bits per heavy atom. The van der Waals surface area contributed by atoms with Gasteiger partial charge in [0.25, 0.3) is 0 Å². The highest BCUT2D eigenvalue weighted by atomic mass is 32.2. The fraction of sp³-hybridized carbons (Fsp3) is 0.333. The molecule has 2 aromatic rings. The number of benzene rings is 1. The monoisotopic (exact) mass is 306 g/mol. The minimum atomic E-state index is -3.45. The molecule has 1 aromatic heterocycles. The molecule has 0 amide bonds. The average molecular weight is 306 g/mol. The lowest BCUT2D eigenvalue weighted by Gasteiger charge is -2.12. The van der Waals surface area contributed by atoms with E-state index in [1.54, 1.807) is 24.5 Å². The first-order valence-corrected chi connectivity index (χ1v) is 8.51. The van der Waals surface area contributed by atoms with E-state index in [2.05, 4.69) is 10.0 Å². The molecule has 0 spiro atoms. The van der Waals surface area contributed by atoms with E-state index >= 15 is 0 Å². The maximum absolute atomic E-state index is 12.3. The second-order valence-electron chi connectivity index (χ2n) is 5.15. The lowest BCUT2D eigenvalue weighted by molar-refractivity contribution is 0.513. The molecule has 2 N–H and O–H groups in total. The van der Waals surface area contributed by atoms with Gasteiger partial charge in [-0.15, -0.1) is 0 Å². The van der Waals surface area contributed by atoms with Crippen LogP contribution < -0.4 is 10.0 Å². The van der Waals surface area contributed by atoms with Crippen molar-refractivity contribution in [1.82, 2.24) is 4.72 Å². The molecule has 0 atom stereocenters. The summed E-state index contributed by atoms with van der Waals surface area (Å²) in [6.07, 6.45) is 4.19. The molecule has 3 rings (SSSR count). The molecule has 0 radical (unpaired) electrons. The molecule has 5 nitrogen and oxygen atoms in total. The summed E-state index contributed by atoms with van der Waals surface area (Å²) in [6.45, 7) is 0.615. The summed E-state index contributed by atoms with van der Waals surface area (Å²) in [5.41, 5.74) is 0.622. The molecule has 0 bridgehead atoms. The molecular weight excluding hydrogens is 288 g/mol. The van der Waals surface area contributed by atoms with Gasteiger partial charge in [0.2, 0.25) is 10.0 Å². The maximum atomic E-state index is 12.3. The third kappa shape index (κ3) is 3.65. The molecule has 112 valence electrons. The number of anilines is 1. The predicted molar refractivity (Wildman–Crippen MR) is 80.7 cm³/mol. The smallest absolute Gasteiger partial charge is 0.242 e. The minimum Gasteiger partial charge on any atom is -0.469 e. The van der Waals surface area contributed by atoms with Gasteiger partial charge in [0.15, 0.2) is 0 Å². The van der Waals surface area contributed by atoms with Crippen LogP contribution >= 0.6 is 0 Å². The Hall–Kier alpha value is -1.79. The summed E-state index contributed by atoms with van der Waals surface area (Å²) in [4.78, 5) is 0.302. The zero-order chi connectivity index (χ0) is 14.7. The third-order valence-electron chi connectivity index (χ3n) is 3.34. The Morgan fingerprint density at radius 3 is 2.67 bits per heavy atom. The average Bonchev–Trinajstić information content (AvgIpc) is 3.11. The van der Waals surface area contributed by atoms with Crippen molar-refractivity contribution in [2.24, 2.45) is 0 Å². The van der Waals surface area contributed by atoms with E-state index in [9.17, 15) is 8.42 Å². The van der Waals surface area contributed by atoms with Crippen LogP contribution in [0.25, 0.3) is 0 Å². The summed E-state index contributed by atoms with van der Waals surface area (Å²) in [6, 6.07) is 10.8. The number of hydrogen-bond donors (Lipinski definition) is 2. The van der Waals surface area contributed by atoms with Crippen LogP contribution in [0.4, 0.5) is 5.69 Å². The van der Waals surface area contributed by atoms with Crippen molar-refractivity contribution < 1.29 is 12.8 Å². The number of sulfonamides is 1. The van der Waals surface area contributed by atoms with Gasteiger partial charge in [-0.3, -0.25) is 0 Å². The van der Waals surface area contributed by atoms with Gasteiger partial charge in [-0.1, -0.05) is 12.1 Å². The van der Waals surface area contributed by atoms with Crippen LogP contribution in [0.1, 0.15) is 18.6 Å². The Kier molecular flexibility index (Phi) is 3.98. The van der Waals surface area contributed by atoms with E-state index in [0.717, 1.165) is 18.6 Å². The fourth-order valence-electron chi connectivity index (χ4n) is 2.11. The van der Waals surface area contributed by atoms with Crippen molar-refractivity contribution in [2.45, 2.75) is 30.2 Å². The highest BCUT2D eigenvalue weighted by Gasteiger charge is 2.29. The molecule has 6 heteroatoms. The van der Waals surface area contributed by atoms with Crippen molar-refractivity contribution in [3.8, 4) is 0 Å². The summed E-state index contributed by atoms with van der Waals surface area (Å²) in [5, 5.41) is 3.17. The van der Waals surface area contributed by atoms with Crippen molar-refractivity contribution in [3.63, 3.8) is 0 Å². The molecule has 0 aliphatic heterocycles. The maximum Gasteiger partial charge on any atom is 0.242 e. The Balaban J connectivity index is 1.69. The van der Waals surface area contributed by atoms with Crippen LogP contribution in [-0.4, -0.2) is 21.0 Å². The molecule has 1 aliphatic carbocycles. The van der Waals surface area contributed by atoms with Crippen LogP contribution in [-0.2, 0) is 16.4 Å². The fourth-order valence-corrected chi connectivity index (χ4v) is 3.60. The number of furan rings is 1. The van der Waals surface area contributed by atoms with Crippen LogP contribution in [0.5, 0.6) is 0 Å². The Labute approximate surface area is 124 Å².